The van der Waals surface area contributed by atoms with Crippen molar-refractivity contribution >= 4 is 0 Å². The Balaban J connectivity index is 0.00000225. The van der Waals surface area contributed by atoms with Crippen molar-refractivity contribution in [1.82, 2.24) is 4.90 Å². The molecule has 1 heterocycles. The zero-order valence-corrected chi connectivity index (χ0v) is 16.6. The Morgan fingerprint density at radius 2 is 1.88 bits per heavy atom. The SMILES string of the molecule is CC[N-]C1CCN(CCCC(C)C)CC1.[Rb+]. The van der Waals surface area contributed by atoms with E-state index in [0.717, 1.165) is 12.5 Å². The Morgan fingerprint density at radius 3 is 2.38 bits per heavy atom. The van der Waals surface area contributed by atoms with E-state index in [1.165, 1.54) is 45.3 Å². The van der Waals surface area contributed by atoms with Crippen LogP contribution >= 0.6 is 0 Å². The fraction of sp³-hybridized carbons (Fsp3) is 1.00. The molecule has 1 saturated heterocycles. The summed E-state index contributed by atoms with van der Waals surface area (Å²) in [7, 11) is 0. The van der Waals surface area contributed by atoms with Crippen LogP contribution in [0, 0.1) is 5.92 Å². The summed E-state index contributed by atoms with van der Waals surface area (Å²) < 4.78 is 0. The van der Waals surface area contributed by atoms with E-state index in [2.05, 4.69) is 31.0 Å². The number of hydrogen-bond donors (Lipinski definition) is 0. The van der Waals surface area contributed by atoms with Crippen molar-refractivity contribution in [2.75, 3.05) is 26.2 Å². The summed E-state index contributed by atoms with van der Waals surface area (Å²) >= 11 is 0. The van der Waals surface area contributed by atoms with Crippen molar-refractivity contribution in [1.29, 1.82) is 0 Å². The average Bonchev–Trinajstić information content (AvgIpc) is 2.20. The molecular weight excluding hydrogens is 270 g/mol. The summed E-state index contributed by atoms with van der Waals surface area (Å²) in [6, 6.07) is 0.663. The Kier molecular flexibility index (Phi) is 11.8. The van der Waals surface area contributed by atoms with Gasteiger partial charge in [-0.1, -0.05) is 33.6 Å². The molecule has 1 rings (SSSR count). The predicted molar refractivity (Wildman–Crippen MR) is 67.4 cm³/mol. The Hall–Kier alpha value is 1.73. The van der Waals surface area contributed by atoms with Crippen LogP contribution in [0.3, 0.4) is 0 Å². The molecule has 0 aliphatic carbocycles. The predicted octanol–water partition coefficient (Wildman–Crippen LogP) is 0.285. The number of piperidine rings is 1. The fourth-order valence-electron chi connectivity index (χ4n) is 2.31. The smallest absolute Gasteiger partial charge is 0.660 e. The molecule has 90 valence electrons. The Bertz CT molecular complexity index is 154. The van der Waals surface area contributed by atoms with Gasteiger partial charge in [0.25, 0.3) is 0 Å². The molecule has 1 aliphatic rings. The van der Waals surface area contributed by atoms with Crippen LogP contribution in [0.25, 0.3) is 5.32 Å². The first kappa shape index (κ1) is 17.7. The third-order valence-electron chi connectivity index (χ3n) is 3.25. The largest absolute Gasteiger partial charge is 1.00 e. The summed E-state index contributed by atoms with van der Waals surface area (Å²) in [5.74, 6) is 0.859. The molecule has 0 N–H and O–H groups in total. The second-order valence-electron chi connectivity index (χ2n) is 5.11. The summed E-state index contributed by atoms with van der Waals surface area (Å²) in [5.41, 5.74) is 0. The minimum Gasteiger partial charge on any atom is -0.660 e. The van der Waals surface area contributed by atoms with Gasteiger partial charge in [-0.2, -0.15) is 6.54 Å². The minimum absolute atomic E-state index is 0. The van der Waals surface area contributed by atoms with Gasteiger partial charge >= 0.3 is 58.2 Å². The van der Waals surface area contributed by atoms with E-state index in [9.17, 15) is 0 Å². The molecule has 0 atom stereocenters. The van der Waals surface area contributed by atoms with E-state index in [1.54, 1.807) is 0 Å². The van der Waals surface area contributed by atoms with Crippen LogP contribution in [-0.2, 0) is 0 Å². The van der Waals surface area contributed by atoms with Crippen LogP contribution in [0.5, 0.6) is 0 Å². The summed E-state index contributed by atoms with van der Waals surface area (Å²) in [5, 5.41) is 4.60. The van der Waals surface area contributed by atoms with Gasteiger partial charge in [-0.15, -0.1) is 6.04 Å². The van der Waals surface area contributed by atoms with Crippen LogP contribution in [0.15, 0.2) is 0 Å². The minimum atomic E-state index is 0. The van der Waals surface area contributed by atoms with E-state index in [-0.39, 0.29) is 58.2 Å². The van der Waals surface area contributed by atoms with Crippen molar-refractivity contribution in [3.63, 3.8) is 0 Å². The van der Waals surface area contributed by atoms with E-state index in [4.69, 9.17) is 0 Å². The molecule has 1 fully saturated rings. The number of rotatable bonds is 6. The molecule has 0 aromatic heterocycles. The van der Waals surface area contributed by atoms with Crippen molar-refractivity contribution in [3.05, 3.63) is 5.32 Å². The van der Waals surface area contributed by atoms with Gasteiger partial charge in [-0.25, -0.2) is 0 Å². The third kappa shape index (κ3) is 7.94. The molecule has 3 heteroatoms. The zero-order valence-electron chi connectivity index (χ0n) is 11.7. The van der Waals surface area contributed by atoms with Crippen LogP contribution in [-0.4, -0.2) is 37.1 Å². The van der Waals surface area contributed by atoms with Gasteiger partial charge in [0.1, 0.15) is 0 Å². The van der Waals surface area contributed by atoms with Crippen molar-refractivity contribution in [2.45, 2.75) is 52.5 Å². The number of hydrogen-bond acceptors (Lipinski definition) is 1. The first-order valence-corrected chi connectivity index (χ1v) is 6.61. The number of nitrogens with zero attached hydrogens (tertiary/aromatic N) is 2. The molecule has 0 aromatic rings. The molecule has 0 spiro atoms. The summed E-state index contributed by atoms with van der Waals surface area (Å²) in [4.78, 5) is 2.62. The molecule has 0 radical (unpaired) electrons. The Morgan fingerprint density at radius 1 is 1.25 bits per heavy atom. The fourth-order valence-corrected chi connectivity index (χ4v) is 2.31. The third-order valence-corrected chi connectivity index (χ3v) is 3.25. The zero-order chi connectivity index (χ0) is 11.1. The van der Waals surface area contributed by atoms with E-state index < -0.39 is 0 Å². The molecule has 1 aliphatic heterocycles. The Labute approximate surface area is 151 Å². The van der Waals surface area contributed by atoms with Gasteiger partial charge in [-0.05, 0) is 38.4 Å². The quantitative estimate of drug-likeness (QED) is 0.688. The molecular formula is C13H27N2Rb. The summed E-state index contributed by atoms with van der Waals surface area (Å²) in [6.45, 7) is 11.6. The van der Waals surface area contributed by atoms with Crippen LogP contribution in [0.4, 0.5) is 0 Å². The van der Waals surface area contributed by atoms with E-state index in [0.29, 0.717) is 6.04 Å². The molecule has 16 heavy (non-hydrogen) atoms. The second-order valence-corrected chi connectivity index (χ2v) is 5.11. The average molecular weight is 297 g/mol. The van der Waals surface area contributed by atoms with Gasteiger partial charge in [0, 0.05) is 0 Å². The van der Waals surface area contributed by atoms with E-state index in [1.807, 2.05) is 0 Å². The van der Waals surface area contributed by atoms with Gasteiger partial charge in [0.05, 0.1) is 0 Å². The van der Waals surface area contributed by atoms with Gasteiger partial charge in [0.2, 0.25) is 0 Å². The molecule has 0 bridgehead atoms. The molecule has 0 saturated carbocycles. The monoisotopic (exact) mass is 296 g/mol. The van der Waals surface area contributed by atoms with Crippen LogP contribution in [0.1, 0.15) is 46.5 Å². The van der Waals surface area contributed by atoms with Gasteiger partial charge < -0.3 is 10.2 Å². The standard InChI is InChI=1S/C13H27N2.Rb/c1-4-14-13-7-10-15(11-8-13)9-5-6-12(2)3;/h12-13H,4-11H2,1-3H3;/q-1;+1. The maximum atomic E-state index is 4.60. The maximum Gasteiger partial charge on any atom is 1.00 e. The molecule has 2 nitrogen and oxygen atoms in total. The topological polar surface area (TPSA) is 17.3 Å². The van der Waals surface area contributed by atoms with Gasteiger partial charge in [-0.3, -0.25) is 0 Å². The first-order chi connectivity index (χ1) is 7.22. The van der Waals surface area contributed by atoms with Crippen LogP contribution < -0.4 is 58.2 Å². The van der Waals surface area contributed by atoms with Crippen molar-refractivity contribution in [3.8, 4) is 0 Å². The van der Waals surface area contributed by atoms with Crippen molar-refractivity contribution in [2.24, 2.45) is 5.92 Å². The molecule has 0 unspecified atom stereocenters. The van der Waals surface area contributed by atoms with Crippen molar-refractivity contribution < 1.29 is 58.2 Å². The van der Waals surface area contributed by atoms with Crippen LogP contribution in [0.2, 0.25) is 0 Å². The first-order valence-electron chi connectivity index (χ1n) is 6.61. The number of likely N-dealkylation sites (tertiary alicyclic amines) is 1. The van der Waals surface area contributed by atoms with E-state index >= 15 is 0 Å². The molecule has 0 amide bonds. The maximum absolute atomic E-state index is 4.60. The second kappa shape index (κ2) is 10.6. The van der Waals surface area contributed by atoms with Gasteiger partial charge in [0.15, 0.2) is 0 Å². The summed E-state index contributed by atoms with van der Waals surface area (Å²) in [6.07, 6.45) is 5.32. The molecule has 0 aromatic carbocycles. The normalized spacial score (nSPS) is 18.8.